The predicted molar refractivity (Wildman–Crippen MR) is 59.1 cm³/mol. The fraction of sp³-hybridized carbons (Fsp3) is 0.0833. The Hall–Kier alpha value is -2.04. The molecule has 2 nitrogen and oxygen atoms in total. The molecule has 1 aromatic heterocycles. The summed E-state index contributed by atoms with van der Waals surface area (Å²) in [7, 11) is 0. The van der Waals surface area contributed by atoms with Gasteiger partial charge in [-0.15, -0.1) is 0 Å². The zero-order valence-corrected chi connectivity index (χ0v) is 8.70. The van der Waals surface area contributed by atoms with Crippen LogP contribution in [0.15, 0.2) is 42.6 Å². The number of hydrogen-bond acceptors (Lipinski definition) is 2. The Balaban J connectivity index is 2.67. The third-order valence-electron chi connectivity index (χ3n) is 2.35. The molecule has 0 saturated carbocycles. The molecule has 0 amide bonds. The second kappa shape index (κ2) is 4.08. The van der Waals surface area contributed by atoms with Crippen LogP contribution >= 0.6 is 0 Å². The molecular weight excluding hydrogens is 229 g/mol. The van der Waals surface area contributed by atoms with Crippen molar-refractivity contribution < 1.29 is 13.2 Å². The van der Waals surface area contributed by atoms with Crippen molar-refractivity contribution in [3.8, 4) is 11.1 Å². The Labute approximate surface area is 95.9 Å². The predicted octanol–water partition coefficient (Wildman–Crippen LogP) is 3.35. The molecule has 88 valence electrons. The first-order chi connectivity index (χ1) is 8.00. The molecule has 1 aromatic carbocycles. The summed E-state index contributed by atoms with van der Waals surface area (Å²) in [4.78, 5) is 3.49. The van der Waals surface area contributed by atoms with E-state index in [1.807, 2.05) is 0 Å². The van der Waals surface area contributed by atoms with Crippen LogP contribution < -0.4 is 5.73 Å². The van der Waals surface area contributed by atoms with E-state index in [1.54, 1.807) is 30.3 Å². The lowest BCUT2D eigenvalue weighted by atomic mass is 10.0. The monoisotopic (exact) mass is 238 g/mol. The molecule has 5 heteroatoms. The molecule has 0 atom stereocenters. The van der Waals surface area contributed by atoms with Gasteiger partial charge in [0.1, 0.15) is 11.4 Å². The zero-order valence-electron chi connectivity index (χ0n) is 8.70. The molecular formula is C12H9F3N2. The summed E-state index contributed by atoms with van der Waals surface area (Å²) in [5.74, 6) is -0.501. The van der Waals surface area contributed by atoms with Gasteiger partial charge in [-0.05, 0) is 17.2 Å². The smallest absolute Gasteiger partial charge is 0.383 e. The molecule has 0 aliphatic heterocycles. The van der Waals surface area contributed by atoms with Crippen molar-refractivity contribution in [3.63, 3.8) is 0 Å². The number of alkyl halides is 3. The quantitative estimate of drug-likeness (QED) is 0.827. The Bertz CT molecular complexity index is 521. The highest BCUT2D eigenvalue weighted by Gasteiger charge is 2.36. The SMILES string of the molecule is Nc1nccc(-c2ccccc2)c1C(F)(F)F. The van der Waals surface area contributed by atoms with E-state index in [2.05, 4.69) is 4.98 Å². The molecule has 2 rings (SSSR count). The molecule has 0 spiro atoms. The largest absolute Gasteiger partial charge is 0.420 e. The summed E-state index contributed by atoms with van der Waals surface area (Å²) in [6, 6.07) is 9.60. The Morgan fingerprint density at radius 1 is 1.00 bits per heavy atom. The van der Waals surface area contributed by atoms with Gasteiger partial charge >= 0.3 is 6.18 Å². The number of nitrogens with zero attached hydrogens (tertiary/aromatic N) is 1. The number of nitrogen functional groups attached to an aromatic ring is 1. The van der Waals surface area contributed by atoms with E-state index in [4.69, 9.17) is 5.73 Å². The summed E-state index contributed by atoms with van der Waals surface area (Å²) < 4.78 is 38.6. The Kier molecular flexibility index (Phi) is 2.75. The molecule has 2 N–H and O–H groups in total. The molecule has 0 bridgehead atoms. The molecule has 1 heterocycles. The van der Waals surface area contributed by atoms with Gasteiger partial charge in [0, 0.05) is 6.20 Å². The standard InChI is InChI=1S/C12H9F3N2/c13-12(14,15)10-9(6-7-17-11(10)16)8-4-2-1-3-5-8/h1-7H,(H2,16,17). The van der Waals surface area contributed by atoms with Crippen LogP contribution in [0.1, 0.15) is 5.56 Å². The molecule has 0 saturated heterocycles. The second-order valence-corrected chi connectivity index (χ2v) is 3.48. The number of anilines is 1. The minimum Gasteiger partial charge on any atom is -0.383 e. The number of aromatic nitrogens is 1. The Morgan fingerprint density at radius 3 is 2.24 bits per heavy atom. The lowest BCUT2D eigenvalue weighted by Gasteiger charge is -2.14. The van der Waals surface area contributed by atoms with E-state index in [0.717, 1.165) is 0 Å². The van der Waals surface area contributed by atoms with Gasteiger partial charge in [0.15, 0.2) is 0 Å². The van der Waals surface area contributed by atoms with Crippen molar-refractivity contribution >= 4 is 5.82 Å². The molecule has 2 aromatic rings. The highest BCUT2D eigenvalue weighted by atomic mass is 19.4. The van der Waals surface area contributed by atoms with Crippen LogP contribution in [0.2, 0.25) is 0 Å². The van der Waals surface area contributed by atoms with Gasteiger partial charge in [-0.2, -0.15) is 13.2 Å². The third kappa shape index (κ3) is 2.22. The van der Waals surface area contributed by atoms with Gasteiger partial charge in [-0.1, -0.05) is 30.3 Å². The van der Waals surface area contributed by atoms with E-state index in [9.17, 15) is 13.2 Å². The van der Waals surface area contributed by atoms with E-state index < -0.39 is 17.6 Å². The first-order valence-electron chi connectivity index (χ1n) is 4.87. The summed E-state index contributed by atoms with van der Waals surface area (Å²) in [5, 5.41) is 0. The fourth-order valence-corrected chi connectivity index (χ4v) is 1.63. The van der Waals surface area contributed by atoms with Crippen molar-refractivity contribution in [2.75, 3.05) is 5.73 Å². The number of hydrogen-bond donors (Lipinski definition) is 1. The van der Waals surface area contributed by atoms with Crippen LogP contribution in [0.4, 0.5) is 19.0 Å². The van der Waals surface area contributed by atoms with E-state index >= 15 is 0 Å². The normalized spacial score (nSPS) is 11.5. The van der Waals surface area contributed by atoms with Crippen LogP contribution in [0, 0.1) is 0 Å². The molecule has 17 heavy (non-hydrogen) atoms. The van der Waals surface area contributed by atoms with Crippen LogP contribution in [0.25, 0.3) is 11.1 Å². The van der Waals surface area contributed by atoms with Crippen LogP contribution in [-0.2, 0) is 6.18 Å². The molecule has 0 radical (unpaired) electrons. The lowest BCUT2D eigenvalue weighted by Crippen LogP contribution is -2.12. The number of pyridine rings is 1. The fourth-order valence-electron chi connectivity index (χ4n) is 1.63. The van der Waals surface area contributed by atoms with Crippen LogP contribution in [0.3, 0.4) is 0 Å². The van der Waals surface area contributed by atoms with Gasteiger partial charge in [-0.25, -0.2) is 4.98 Å². The van der Waals surface area contributed by atoms with Crippen molar-refractivity contribution in [3.05, 3.63) is 48.2 Å². The van der Waals surface area contributed by atoms with Crippen LogP contribution in [-0.4, -0.2) is 4.98 Å². The number of rotatable bonds is 1. The maximum Gasteiger partial charge on any atom is 0.420 e. The first-order valence-corrected chi connectivity index (χ1v) is 4.87. The highest BCUT2D eigenvalue weighted by Crippen LogP contribution is 2.39. The van der Waals surface area contributed by atoms with Gasteiger partial charge in [0.05, 0.1) is 0 Å². The molecule has 0 aliphatic carbocycles. The molecule has 0 aliphatic rings. The van der Waals surface area contributed by atoms with Gasteiger partial charge < -0.3 is 5.73 Å². The Morgan fingerprint density at radius 2 is 1.65 bits per heavy atom. The van der Waals surface area contributed by atoms with E-state index in [-0.39, 0.29) is 5.56 Å². The summed E-state index contributed by atoms with van der Waals surface area (Å²) >= 11 is 0. The van der Waals surface area contributed by atoms with Crippen molar-refractivity contribution in [1.29, 1.82) is 0 Å². The maximum absolute atomic E-state index is 12.9. The van der Waals surface area contributed by atoms with Gasteiger partial charge in [-0.3, -0.25) is 0 Å². The topological polar surface area (TPSA) is 38.9 Å². The third-order valence-corrected chi connectivity index (χ3v) is 2.35. The molecule has 0 fully saturated rings. The average Bonchev–Trinajstić information content (AvgIpc) is 2.28. The number of benzene rings is 1. The summed E-state index contributed by atoms with van der Waals surface area (Å²) in [6.07, 6.45) is -3.24. The van der Waals surface area contributed by atoms with Crippen LogP contribution in [0.5, 0.6) is 0 Å². The van der Waals surface area contributed by atoms with Gasteiger partial charge in [0.25, 0.3) is 0 Å². The molecule has 0 unspecified atom stereocenters. The zero-order chi connectivity index (χ0) is 12.5. The highest BCUT2D eigenvalue weighted by molar-refractivity contribution is 5.71. The summed E-state index contributed by atoms with van der Waals surface area (Å²) in [6.45, 7) is 0. The average molecular weight is 238 g/mol. The minimum atomic E-state index is -4.51. The second-order valence-electron chi connectivity index (χ2n) is 3.48. The van der Waals surface area contributed by atoms with Crippen molar-refractivity contribution in [2.45, 2.75) is 6.18 Å². The maximum atomic E-state index is 12.9. The first kappa shape index (κ1) is 11.4. The van der Waals surface area contributed by atoms with E-state index in [1.165, 1.54) is 12.3 Å². The van der Waals surface area contributed by atoms with Gasteiger partial charge in [0.2, 0.25) is 0 Å². The summed E-state index contributed by atoms with van der Waals surface area (Å²) in [5.41, 5.74) is 4.94. The van der Waals surface area contributed by atoms with E-state index in [0.29, 0.717) is 5.56 Å². The minimum absolute atomic E-state index is 0.0469. The van der Waals surface area contributed by atoms with Crippen molar-refractivity contribution in [2.24, 2.45) is 0 Å². The lowest BCUT2D eigenvalue weighted by molar-refractivity contribution is -0.136. The van der Waals surface area contributed by atoms with Crippen molar-refractivity contribution in [1.82, 2.24) is 4.98 Å². The number of halogens is 3. The number of nitrogens with two attached hydrogens (primary N) is 1.